The second kappa shape index (κ2) is 8.87. The van der Waals surface area contributed by atoms with Crippen molar-refractivity contribution in [3.05, 3.63) is 118 Å². The molecule has 166 valence electrons. The summed E-state index contributed by atoms with van der Waals surface area (Å²) in [6.45, 7) is 0. The van der Waals surface area contributed by atoms with Gasteiger partial charge in [-0.3, -0.25) is 14.9 Å². The van der Waals surface area contributed by atoms with Crippen LogP contribution in [0.4, 0.5) is 17.1 Å². The highest BCUT2D eigenvalue weighted by Gasteiger charge is 2.30. The van der Waals surface area contributed by atoms with Crippen molar-refractivity contribution in [3.8, 4) is 0 Å². The van der Waals surface area contributed by atoms with E-state index in [0.717, 1.165) is 22.5 Å². The Morgan fingerprint density at radius 3 is 2.50 bits per heavy atom. The minimum atomic E-state index is -0.467. The number of hydrogen-bond acceptors (Lipinski definition) is 5. The molecule has 0 unspecified atom stereocenters. The maximum Gasteiger partial charge on any atom is 0.270 e. The van der Waals surface area contributed by atoms with Gasteiger partial charge in [0.2, 0.25) is 0 Å². The molecule has 0 bridgehead atoms. The first-order valence-corrected chi connectivity index (χ1v) is 10.5. The van der Waals surface area contributed by atoms with Crippen LogP contribution in [-0.4, -0.2) is 20.8 Å². The van der Waals surface area contributed by atoms with Crippen LogP contribution in [0, 0.1) is 10.1 Å². The number of carbonyl (C=O) groups is 1. The molecule has 0 aliphatic carbocycles. The highest BCUT2D eigenvalue weighted by atomic mass is 16.6. The zero-order chi connectivity index (χ0) is 23.5. The predicted octanol–water partition coefficient (Wildman–Crippen LogP) is 5.42. The van der Waals surface area contributed by atoms with Crippen LogP contribution < -0.4 is 10.6 Å². The standard InChI is InChI=1S/C26H19N5O3/c32-26-24(22-14-21(31(33)34)12-13-23(22)30-26)25(18-4-2-1-3-5-18)29-19-9-6-17(7-10-19)8-11-20-15-27-16-28-20/h1-16,29H,(H,27,28)(H,30,32)/b11-8+,25-24-. The fraction of sp³-hybridized carbons (Fsp3) is 0. The summed E-state index contributed by atoms with van der Waals surface area (Å²) in [7, 11) is 0. The molecule has 1 aliphatic heterocycles. The molecule has 0 saturated heterocycles. The summed E-state index contributed by atoms with van der Waals surface area (Å²) in [5.41, 5.74) is 5.26. The smallest absolute Gasteiger partial charge is 0.270 e. The van der Waals surface area contributed by atoms with E-state index in [9.17, 15) is 14.9 Å². The molecular weight excluding hydrogens is 430 g/mol. The van der Waals surface area contributed by atoms with E-state index in [4.69, 9.17) is 0 Å². The number of benzene rings is 3. The first-order valence-electron chi connectivity index (χ1n) is 10.5. The summed E-state index contributed by atoms with van der Waals surface area (Å²) in [6.07, 6.45) is 7.29. The van der Waals surface area contributed by atoms with Crippen molar-refractivity contribution in [2.24, 2.45) is 0 Å². The number of fused-ring (bicyclic) bond motifs is 1. The van der Waals surface area contributed by atoms with Gasteiger partial charge >= 0.3 is 0 Å². The van der Waals surface area contributed by atoms with Crippen molar-refractivity contribution in [1.29, 1.82) is 0 Å². The number of H-pyrrole nitrogens is 1. The number of nitrogens with zero attached hydrogens (tertiary/aromatic N) is 2. The van der Waals surface area contributed by atoms with Gasteiger partial charge in [-0.25, -0.2) is 4.98 Å². The highest BCUT2D eigenvalue weighted by Crippen LogP contribution is 2.39. The van der Waals surface area contributed by atoms with Gasteiger partial charge in [0.1, 0.15) is 0 Å². The fourth-order valence-corrected chi connectivity index (χ4v) is 3.77. The maximum absolute atomic E-state index is 13.0. The van der Waals surface area contributed by atoms with Gasteiger partial charge in [-0.2, -0.15) is 0 Å². The lowest BCUT2D eigenvalue weighted by molar-refractivity contribution is -0.384. The molecule has 1 aliphatic rings. The molecule has 0 saturated carbocycles. The number of nitro benzene ring substituents is 1. The Hall–Kier alpha value is -4.98. The SMILES string of the molecule is O=C1Nc2ccc([N+](=O)[O-])cc2/C1=C(/Nc1ccc(/C=C/c2c[nH]cn2)cc1)c1ccccc1. The van der Waals surface area contributed by atoms with E-state index >= 15 is 0 Å². The van der Waals surface area contributed by atoms with E-state index < -0.39 is 4.92 Å². The van der Waals surface area contributed by atoms with Gasteiger partial charge in [0.05, 0.1) is 28.2 Å². The van der Waals surface area contributed by atoms with Gasteiger partial charge in [0.25, 0.3) is 11.6 Å². The molecule has 4 aromatic rings. The third kappa shape index (κ3) is 4.20. The number of rotatable bonds is 6. The molecule has 34 heavy (non-hydrogen) atoms. The highest BCUT2D eigenvalue weighted by molar-refractivity contribution is 6.37. The molecule has 1 aromatic heterocycles. The van der Waals surface area contributed by atoms with E-state index in [-0.39, 0.29) is 11.6 Å². The average molecular weight is 449 g/mol. The lowest BCUT2D eigenvalue weighted by atomic mass is 9.99. The number of nitrogens with one attached hydrogen (secondary N) is 3. The molecule has 8 heteroatoms. The molecule has 5 rings (SSSR count). The van der Waals surface area contributed by atoms with Gasteiger partial charge in [-0.05, 0) is 35.4 Å². The van der Waals surface area contributed by atoms with Crippen LogP contribution in [0.15, 0.2) is 85.3 Å². The number of nitro groups is 1. The molecule has 3 N–H and O–H groups in total. The summed E-state index contributed by atoms with van der Waals surface area (Å²) in [4.78, 5) is 30.9. The van der Waals surface area contributed by atoms with Crippen LogP contribution in [0.2, 0.25) is 0 Å². The van der Waals surface area contributed by atoms with Crippen LogP contribution >= 0.6 is 0 Å². The van der Waals surface area contributed by atoms with Gasteiger partial charge < -0.3 is 15.6 Å². The topological polar surface area (TPSA) is 113 Å². The number of amides is 1. The molecule has 2 heterocycles. The zero-order valence-corrected chi connectivity index (χ0v) is 17.9. The molecular formula is C26H19N5O3. The number of hydrogen-bond donors (Lipinski definition) is 3. The van der Waals surface area contributed by atoms with E-state index in [0.29, 0.717) is 22.5 Å². The zero-order valence-electron chi connectivity index (χ0n) is 17.9. The van der Waals surface area contributed by atoms with Gasteiger partial charge in [-0.15, -0.1) is 0 Å². The summed E-state index contributed by atoms with van der Waals surface area (Å²) in [5, 5.41) is 17.5. The van der Waals surface area contributed by atoms with E-state index in [1.807, 2.05) is 66.7 Å². The van der Waals surface area contributed by atoms with Crippen molar-refractivity contribution in [2.45, 2.75) is 0 Å². The number of anilines is 2. The van der Waals surface area contributed by atoms with E-state index in [1.165, 1.54) is 12.1 Å². The van der Waals surface area contributed by atoms with Crippen LogP contribution in [0.5, 0.6) is 0 Å². The second-order valence-electron chi connectivity index (χ2n) is 7.63. The van der Waals surface area contributed by atoms with E-state index in [2.05, 4.69) is 20.6 Å². The first-order chi connectivity index (χ1) is 16.6. The van der Waals surface area contributed by atoms with E-state index in [1.54, 1.807) is 18.6 Å². The number of aromatic nitrogens is 2. The largest absolute Gasteiger partial charge is 0.354 e. The van der Waals surface area contributed by atoms with Gasteiger partial charge in [0.15, 0.2) is 0 Å². The van der Waals surface area contributed by atoms with Crippen LogP contribution in [0.3, 0.4) is 0 Å². The van der Waals surface area contributed by atoms with Gasteiger partial charge in [-0.1, -0.05) is 48.5 Å². The monoisotopic (exact) mass is 449 g/mol. The lowest BCUT2D eigenvalue weighted by Crippen LogP contribution is -2.10. The Balaban J connectivity index is 1.54. The van der Waals surface area contributed by atoms with Crippen molar-refractivity contribution >= 4 is 46.4 Å². The summed E-state index contributed by atoms with van der Waals surface area (Å²) in [6, 6.07) is 21.5. The van der Waals surface area contributed by atoms with Gasteiger partial charge in [0, 0.05) is 35.3 Å². The Morgan fingerprint density at radius 1 is 1.00 bits per heavy atom. The van der Waals surface area contributed by atoms with Crippen molar-refractivity contribution in [3.63, 3.8) is 0 Å². The average Bonchev–Trinajstić information content (AvgIpc) is 3.49. The summed E-state index contributed by atoms with van der Waals surface area (Å²) < 4.78 is 0. The Bertz CT molecular complexity index is 1420. The lowest BCUT2D eigenvalue weighted by Gasteiger charge is -2.15. The third-order valence-electron chi connectivity index (χ3n) is 5.42. The minimum absolute atomic E-state index is 0.0757. The van der Waals surface area contributed by atoms with Crippen molar-refractivity contribution in [1.82, 2.24) is 9.97 Å². The number of imidazole rings is 1. The Labute approximate surface area is 194 Å². The normalized spacial score (nSPS) is 14.1. The van der Waals surface area contributed by atoms with Crippen LogP contribution in [-0.2, 0) is 4.79 Å². The maximum atomic E-state index is 13.0. The van der Waals surface area contributed by atoms with Crippen LogP contribution in [0.25, 0.3) is 23.4 Å². The van der Waals surface area contributed by atoms with Crippen molar-refractivity contribution < 1.29 is 9.72 Å². The third-order valence-corrected chi connectivity index (χ3v) is 5.42. The van der Waals surface area contributed by atoms with Crippen LogP contribution in [0.1, 0.15) is 22.4 Å². The van der Waals surface area contributed by atoms with Crippen molar-refractivity contribution in [2.75, 3.05) is 10.6 Å². The first kappa shape index (κ1) is 20.9. The molecule has 0 fully saturated rings. The molecule has 0 atom stereocenters. The summed E-state index contributed by atoms with van der Waals surface area (Å²) in [5.74, 6) is -0.319. The molecule has 1 amide bonds. The number of carbonyl (C=O) groups excluding carboxylic acids is 1. The quantitative estimate of drug-likeness (QED) is 0.207. The number of aromatic amines is 1. The molecule has 3 aromatic carbocycles. The molecule has 8 nitrogen and oxygen atoms in total. The second-order valence-corrected chi connectivity index (χ2v) is 7.63. The number of non-ortho nitro benzene ring substituents is 1. The molecule has 0 spiro atoms. The minimum Gasteiger partial charge on any atom is -0.354 e. The summed E-state index contributed by atoms with van der Waals surface area (Å²) >= 11 is 0. The fourth-order valence-electron chi connectivity index (χ4n) is 3.77. The predicted molar refractivity (Wildman–Crippen MR) is 133 cm³/mol. The molecule has 0 radical (unpaired) electrons. The Morgan fingerprint density at radius 2 is 1.79 bits per heavy atom. The Kier molecular flexibility index (Phi) is 5.45.